The molecular weight excluding hydrogens is 202 g/mol. The molecule has 4 nitrogen and oxygen atoms in total. The summed E-state index contributed by atoms with van der Waals surface area (Å²) in [6.07, 6.45) is 4.36. The van der Waals surface area contributed by atoms with Gasteiger partial charge in [0.1, 0.15) is 5.82 Å². The summed E-state index contributed by atoms with van der Waals surface area (Å²) in [6.45, 7) is 2.68. The van der Waals surface area contributed by atoms with E-state index in [1.807, 2.05) is 12.1 Å². The number of aliphatic hydroxyl groups excluding tert-OH is 1. The van der Waals surface area contributed by atoms with E-state index in [0.29, 0.717) is 13.0 Å². The fraction of sp³-hybridized carbons (Fsp3) is 0.583. The van der Waals surface area contributed by atoms with Crippen molar-refractivity contribution >= 4 is 5.82 Å². The van der Waals surface area contributed by atoms with E-state index in [1.165, 1.54) is 12.8 Å². The number of anilines is 1. The largest absolute Gasteiger partial charge is 0.388 e. The number of hydrogen-bond donors (Lipinski definition) is 2. The van der Waals surface area contributed by atoms with Crippen molar-refractivity contribution in [2.24, 2.45) is 5.73 Å². The molecule has 0 aliphatic carbocycles. The van der Waals surface area contributed by atoms with Crippen molar-refractivity contribution in [3.05, 3.63) is 23.9 Å². The Morgan fingerprint density at radius 2 is 2.12 bits per heavy atom. The lowest BCUT2D eigenvalue weighted by molar-refractivity contribution is 0.170. The van der Waals surface area contributed by atoms with Gasteiger partial charge in [-0.25, -0.2) is 4.98 Å². The topological polar surface area (TPSA) is 62.4 Å². The van der Waals surface area contributed by atoms with E-state index < -0.39 is 6.10 Å². The third-order valence-corrected chi connectivity index (χ3v) is 3.03. The van der Waals surface area contributed by atoms with Crippen LogP contribution in [-0.4, -0.2) is 29.7 Å². The summed E-state index contributed by atoms with van der Waals surface area (Å²) in [5.41, 5.74) is 6.26. The third-order valence-electron chi connectivity index (χ3n) is 3.03. The molecule has 1 aliphatic heterocycles. The molecule has 0 saturated carbocycles. The van der Waals surface area contributed by atoms with Crippen LogP contribution in [0.4, 0.5) is 5.82 Å². The minimum absolute atomic E-state index is 0.481. The second-order valence-corrected chi connectivity index (χ2v) is 4.24. The van der Waals surface area contributed by atoms with Crippen molar-refractivity contribution in [2.45, 2.75) is 25.4 Å². The average molecular weight is 221 g/mol. The van der Waals surface area contributed by atoms with Gasteiger partial charge >= 0.3 is 0 Å². The number of aliphatic hydroxyl groups is 1. The van der Waals surface area contributed by atoms with Crippen molar-refractivity contribution < 1.29 is 5.11 Å². The standard InChI is InChI=1S/C12H19N3O/c13-6-5-11(16)10-3-4-12(14-9-10)15-7-1-2-8-15/h3-4,9,11,16H,1-2,5-8,13H2/t11-/m0/s1. The minimum atomic E-state index is -0.481. The van der Waals surface area contributed by atoms with Crippen LogP contribution in [0.25, 0.3) is 0 Å². The number of nitrogens with two attached hydrogens (primary N) is 1. The maximum Gasteiger partial charge on any atom is 0.128 e. The van der Waals surface area contributed by atoms with Crippen LogP contribution in [0.15, 0.2) is 18.3 Å². The summed E-state index contributed by atoms with van der Waals surface area (Å²) in [5.74, 6) is 1.01. The van der Waals surface area contributed by atoms with Gasteiger partial charge in [-0.1, -0.05) is 6.07 Å². The van der Waals surface area contributed by atoms with E-state index in [1.54, 1.807) is 6.20 Å². The lowest BCUT2D eigenvalue weighted by atomic mass is 10.1. The zero-order chi connectivity index (χ0) is 11.4. The summed E-state index contributed by atoms with van der Waals surface area (Å²) in [5, 5.41) is 9.74. The molecule has 1 fully saturated rings. The van der Waals surface area contributed by atoms with E-state index in [0.717, 1.165) is 24.5 Å². The van der Waals surface area contributed by atoms with E-state index in [2.05, 4.69) is 9.88 Å². The van der Waals surface area contributed by atoms with Gasteiger partial charge in [-0.3, -0.25) is 0 Å². The van der Waals surface area contributed by atoms with Crippen molar-refractivity contribution in [2.75, 3.05) is 24.5 Å². The van der Waals surface area contributed by atoms with Gasteiger partial charge in [0.25, 0.3) is 0 Å². The molecule has 1 atom stereocenters. The Bertz CT molecular complexity index is 320. The molecule has 0 aromatic carbocycles. The first-order valence-electron chi connectivity index (χ1n) is 5.90. The van der Waals surface area contributed by atoms with Crippen molar-refractivity contribution in [1.29, 1.82) is 0 Å². The highest BCUT2D eigenvalue weighted by Gasteiger charge is 2.14. The molecule has 88 valence electrons. The number of rotatable bonds is 4. The summed E-state index contributed by atoms with van der Waals surface area (Å²) in [7, 11) is 0. The van der Waals surface area contributed by atoms with E-state index >= 15 is 0 Å². The molecule has 2 heterocycles. The molecule has 1 aliphatic rings. The van der Waals surface area contributed by atoms with Crippen LogP contribution < -0.4 is 10.6 Å². The van der Waals surface area contributed by atoms with Gasteiger partial charge in [-0.05, 0) is 37.4 Å². The first kappa shape index (κ1) is 11.4. The van der Waals surface area contributed by atoms with Crippen molar-refractivity contribution in [3.63, 3.8) is 0 Å². The lowest BCUT2D eigenvalue weighted by Gasteiger charge is -2.17. The highest BCUT2D eigenvalue weighted by molar-refractivity contribution is 5.40. The van der Waals surface area contributed by atoms with E-state index in [9.17, 15) is 5.11 Å². The molecule has 16 heavy (non-hydrogen) atoms. The Balaban J connectivity index is 2.03. The molecule has 0 spiro atoms. The monoisotopic (exact) mass is 221 g/mol. The Morgan fingerprint density at radius 1 is 1.38 bits per heavy atom. The third kappa shape index (κ3) is 2.51. The Morgan fingerprint density at radius 3 is 2.69 bits per heavy atom. The first-order valence-corrected chi connectivity index (χ1v) is 5.90. The lowest BCUT2D eigenvalue weighted by Crippen LogP contribution is -2.19. The molecule has 1 aromatic heterocycles. The molecule has 4 heteroatoms. The summed E-state index contributed by atoms with van der Waals surface area (Å²) in [4.78, 5) is 6.67. The predicted octanol–water partition coefficient (Wildman–Crippen LogP) is 1.06. The van der Waals surface area contributed by atoms with Crippen LogP contribution in [-0.2, 0) is 0 Å². The normalized spacial score (nSPS) is 17.8. The summed E-state index contributed by atoms with van der Waals surface area (Å²) >= 11 is 0. The average Bonchev–Trinajstić information content (AvgIpc) is 2.83. The highest BCUT2D eigenvalue weighted by Crippen LogP contribution is 2.20. The van der Waals surface area contributed by atoms with Gasteiger partial charge < -0.3 is 15.7 Å². The Hall–Kier alpha value is -1.13. The second-order valence-electron chi connectivity index (χ2n) is 4.24. The highest BCUT2D eigenvalue weighted by atomic mass is 16.3. The van der Waals surface area contributed by atoms with Crippen LogP contribution >= 0.6 is 0 Å². The van der Waals surface area contributed by atoms with Crippen molar-refractivity contribution in [3.8, 4) is 0 Å². The van der Waals surface area contributed by atoms with Gasteiger partial charge in [0, 0.05) is 19.3 Å². The summed E-state index contributed by atoms with van der Waals surface area (Å²) in [6, 6.07) is 3.93. The Labute approximate surface area is 96.1 Å². The van der Waals surface area contributed by atoms with Crippen LogP contribution in [0.1, 0.15) is 30.9 Å². The SMILES string of the molecule is NCC[C@H](O)c1ccc(N2CCCC2)nc1. The van der Waals surface area contributed by atoms with Gasteiger partial charge in [0.15, 0.2) is 0 Å². The quantitative estimate of drug-likeness (QED) is 0.798. The molecule has 2 rings (SSSR count). The maximum absolute atomic E-state index is 9.74. The van der Waals surface area contributed by atoms with E-state index in [4.69, 9.17) is 5.73 Å². The number of pyridine rings is 1. The van der Waals surface area contributed by atoms with Gasteiger partial charge in [0.2, 0.25) is 0 Å². The zero-order valence-corrected chi connectivity index (χ0v) is 9.47. The van der Waals surface area contributed by atoms with Crippen molar-refractivity contribution in [1.82, 2.24) is 4.98 Å². The number of aromatic nitrogens is 1. The molecule has 1 saturated heterocycles. The molecule has 0 unspecified atom stereocenters. The Kier molecular flexibility index (Phi) is 3.74. The van der Waals surface area contributed by atoms with Crippen LogP contribution in [0.3, 0.4) is 0 Å². The molecule has 0 bridgehead atoms. The van der Waals surface area contributed by atoms with Crippen LogP contribution in [0.2, 0.25) is 0 Å². The first-order chi connectivity index (χ1) is 7.81. The number of hydrogen-bond acceptors (Lipinski definition) is 4. The molecular formula is C12H19N3O. The van der Waals surface area contributed by atoms with Gasteiger partial charge in [-0.2, -0.15) is 0 Å². The molecule has 1 aromatic rings. The fourth-order valence-corrected chi connectivity index (χ4v) is 2.05. The molecule has 3 N–H and O–H groups in total. The minimum Gasteiger partial charge on any atom is -0.388 e. The van der Waals surface area contributed by atoms with Crippen LogP contribution in [0, 0.1) is 0 Å². The van der Waals surface area contributed by atoms with Gasteiger partial charge in [0.05, 0.1) is 6.10 Å². The van der Waals surface area contributed by atoms with Crippen LogP contribution in [0.5, 0.6) is 0 Å². The molecule has 0 radical (unpaired) electrons. The number of nitrogens with zero attached hydrogens (tertiary/aromatic N) is 2. The smallest absolute Gasteiger partial charge is 0.128 e. The molecule has 0 amide bonds. The summed E-state index contributed by atoms with van der Waals surface area (Å²) < 4.78 is 0. The second kappa shape index (κ2) is 5.27. The predicted molar refractivity (Wildman–Crippen MR) is 64.3 cm³/mol. The van der Waals surface area contributed by atoms with Gasteiger partial charge in [-0.15, -0.1) is 0 Å². The zero-order valence-electron chi connectivity index (χ0n) is 9.47. The van der Waals surface area contributed by atoms with E-state index in [-0.39, 0.29) is 0 Å². The maximum atomic E-state index is 9.74. The fourth-order valence-electron chi connectivity index (χ4n) is 2.05.